The highest BCUT2D eigenvalue weighted by atomic mass is 16.5. The van der Waals surface area contributed by atoms with Crippen LogP contribution in [0.5, 0.6) is 23.0 Å². The van der Waals surface area contributed by atoms with Gasteiger partial charge in [0.05, 0.1) is 39.3 Å². The maximum Gasteiger partial charge on any atom is 0.259 e. The highest BCUT2D eigenvalue weighted by Crippen LogP contribution is 2.38. The largest absolute Gasteiger partial charge is 0.493 e. The maximum absolute atomic E-state index is 13.1. The molecule has 0 fully saturated rings. The Kier molecular flexibility index (Phi) is 4.75. The molecule has 0 bridgehead atoms. The summed E-state index contributed by atoms with van der Waals surface area (Å²) in [6, 6.07) is 7.17. The standard InChI is InChI=1S/C20H21NO5/c1-6-7-21-15-11-19(26-5)17(24-3)9-13(15)12-8-16(23-2)18(25-4)10-14(12)20(21)22/h6,8-11H,1,7H2,2-5H3. The molecule has 136 valence electrons. The van der Waals surface area contributed by atoms with Crippen LogP contribution >= 0.6 is 0 Å². The monoisotopic (exact) mass is 355 g/mol. The van der Waals surface area contributed by atoms with E-state index in [0.717, 1.165) is 16.3 Å². The van der Waals surface area contributed by atoms with Crippen LogP contribution in [0.25, 0.3) is 21.7 Å². The number of pyridine rings is 1. The lowest BCUT2D eigenvalue weighted by molar-refractivity contribution is 0.355. The zero-order valence-electron chi connectivity index (χ0n) is 15.3. The van der Waals surface area contributed by atoms with Crippen molar-refractivity contribution < 1.29 is 18.9 Å². The van der Waals surface area contributed by atoms with Gasteiger partial charge in [0.2, 0.25) is 0 Å². The lowest BCUT2D eigenvalue weighted by Gasteiger charge is -2.16. The number of hydrogen-bond donors (Lipinski definition) is 0. The van der Waals surface area contributed by atoms with E-state index in [9.17, 15) is 4.79 Å². The molecule has 26 heavy (non-hydrogen) atoms. The number of aromatic nitrogens is 1. The minimum Gasteiger partial charge on any atom is -0.493 e. The average molecular weight is 355 g/mol. The molecule has 1 aromatic heterocycles. The molecule has 3 rings (SSSR count). The fourth-order valence-corrected chi connectivity index (χ4v) is 3.15. The molecule has 0 aliphatic rings. The van der Waals surface area contributed by atoms with E-state index < -0.39 is 0 Å². The minimum absolute atomic E-state index is 0.138. The summed E-state index contributed by atoms with van der Waals surface area (Å²) in [6.07, 6.45) is 1.68. The van der Waals surface area contributed by atoms with Gasteiger partial charge in [0.25, 0.3) is 5.56 Å². The van der Waals surface area contributed by atoms with Crippen LogP contribution in [-0.4, -0.2) is 33.0 Å². The first-order chi connectivity index (χ1) is 12.6. The van der Waals surface area contributed by atoms with E-state index in [-0.39, 0.29) is 5.56 Å². The number of hydrogen-bond acceptors (Lipinski definition) is 5. The van der Waals surface area contributed by atoms with Crippen LogP contribution in [0.3, 0.4) is 0 Å². The molecule has 3 aromatic rings. The van der Waals surface area contributed by atoms with Gasteiger partial charge in [-0.2, -0.15) is 0 Å². The first kappa shape index (κ1) is 17.7. The van der Waals surface area contributed by atoms with Crippen molar-refractivity contribution in [3.05, 3.63) is 47.3 Å². The Balaban J connectivity index is 2.56. The summed E-state index contributed by atoms with van der Waals surface area (Å²) in [6.45, 7) is 4.13. The molecule has 0 radical (unpaired) electrons. The third kappa shape index (κ3) is 2.63. The minimum atomic E-state index is -0.138. The zero-order chi connectivity index (χ0) is 18.8. The Hall–Kier alpha value is -3.15. The topological polar surface area (TPSA) is 58.9 Å². The molecule has 0 saturated heterocycles. The third-order valence-electron chi connectivity index (χ3n) is 4.39. The molecular weight excluding hydrogens is 334 g/mol. The van der Waals surface area contributed by atoms with E-state index in [4.69, 9.17) is 18.9 Å². The molecule has 0 aliphatic carbocycles. The molecule has 6 heteroatoms. The predicted octanol–water partition coefficient (Wildman–Crippen LogP) is 3.38. The van der Waals surface area contributed by atoms with Gasteiger partial charge in [-0.25, -0.2) is 0 Å². The highest BCUT2D eigenvalue weighted by molar-refractivity contribution is 6.07. The van der Waals surface area contributed by atoms with E-state index >= 15 is 0 Å². The second-order valence-corrected chi connectivity index (χ2v) is 5.68. The van der Waals surface area contributed by atoms with E-state index in [0.29, 0.717) is 34.9 Å². The molecule has 0 amide bonds. The van der Waals surface area contributed by atoms with Crippen LogP contribution in [0.2, 0.25) is 0 Å². The Bertz CT molecular complexity index is 1050. The van der Waals surface area contributed by atoms with Gasteiger partial charge in [-0.05, 0) is 18.2 Å². The second kappa shape index (κ2) is 7.00. The fourth-order valence-electron chi connectivity index (χ4n) is 3.15. The van der Waals surface area contributed by atoms with Crippen molar-refractivity contribution in [3.63, 3.8) is 0 Å². The van der Waals surface area contributed by atoms with Gasteiger partial charge in [0, 0.05) is 23.4 Å². The maximum atomic E-state index is 13.1. The van der Waals surface area contributed by atoms with Crippen molar-refractivity contribution in [2.24, 2.45) is 0 Å². The molecule has 0 atom stereocenters. The molecule has 6 nitrogen and oxygen atoms in total. The van der Waals surface area contributed by atoms with E-state index in [1.54, 1.807) is 51.2 Å². The van der Waals surface area contributed by atoms with Gasteiger partial charge < -0.3 is 23.5 Å². The molecule has 0 saturated carbocycles. The Morgan fingerprint density at radius 3 is 1.77 bits per heavy atom. The van der Waals surface area contributed by atoms with Crippen molar-refractivity contribution >= 4 is 21.7 Å². The number of nitrogens with zero attached hydrogens (tertiary/aromatic N) is 1. The number of rotatable bonds is 6. The summed E-state index contributed by atoms with van der Waals surface area (Å²) in [5.74, 6) is 2.19. The summed E-state index contributed by atoms with van der Waals surface area (Å²) in [5.41, 5.74) is 0.591. The van der Waals surface area contributed by atoms with Crippen molar-refractivity contribution in [2.75, 3.05) is 28.4 Å². The summed E-state index contributed by atoms with van der Waals surface area (Å²) in [4.78, 5) is 13.1. The van der Waals surface area contributed by atoms with Crippen molar-refractivity contribution in [1.29, 1.82) is 0 Å². The number of fused-ring (bicyclic) bond motifs is 3. The van der Waals surface area contributed by atoms with E-state index in [1.165, 1.54) is 0 Å². The van der Waals surface area contributed by atoms with Gasteiger partial charge in [0.15, 0.2) is 23.0 Å². The summed E-state index contributed by atoms with van der Waals surface area (Å²) >= 11 is 0. The number of methoxy groups -OCH3 is 4. The van der Waals surface area contributed by atoms with Crippen LogP contribution < -0.4 is 24.5 Å². The lowest BCUT2D eigenvalue weighted by Crippen LogP contribution is -2.20. The van der Waals surface area contributed by atoms with Gasteiger partial charge in [0.1, 0.15) is 0 Å². The molecule has 0 spiro atoms. The smallest absolute Gasteiger partial charge is 0.259 e. The molecule has 0 aliphatic heterocycles. The molecule has 2 aromatic carbocycles. The number of allylic oxidation sites excluding steroid dienone is 1. The quantitative estimate of drug-likeness (QED) is 0.501. The van der Waals surface area contributed by atoms with Gasteiger partial charge >= 0.3 is 0 Å². The summed E-state index contributed by atoms with van der Waals surface area (Å²) in [7, 11) is 6.25. The van der Waals surface area contributed by atoms with E-state index in [2.05, 4.69) is 6.58 Å². The zero-order valence-corrected chi connectivity index (χ0v) is 15.3. The van der Waals surface area contributed by atoms with Gasteiger partial charge in [-0.1, -0.05) is 6.08 Å². The van der Waals surface area contributed by atoms with E-state index in [1.807, 2.05) is 12.1 Å². The highest BCUT2D eigenvalue weighted by Gasteiger charge is 2.17. The van der Waals surface area contributed by atoms with Crippen LogP contribution in [-0.2, 0) is 6.54 Å². The van der Waals surface area contributed by atoms with Crippen LogP contribution in [0.15, 0.2) is 41.7 Å². The van der Waals surface area contributed by atoms with Crippen LogP contribution in [0, 0.1) is 0 Å². The Morgan fingerprint density at radius 1 is 0.808 bits per heavy atom. The fraction of sp³-hybridized carbons (Fsp3) is 0.250. The Morgan fingerprint density at radius 2 is 1.27 bits per heavy atom. The van der Waals surface area contributed by atoms with Gasteiger partial charge in [-0.15, -0.1) is 6.58 Å². The third-order valence-corrected chi connectivity index (χ3v) is 4.39. The summed E-state index contributed by atoms with van der Waals surface area (Å²) < 4.78 is 23.2. The molecular formula is C20H21NO5. The molecule has 1 heterocycles. The van der Waals surface area contributed by atoms with Crippen molar-refractivity contribution in [1.82, 2.24) is 4.57 Å². The molecule has 0 unspecified atom stereocenters. The normalized spacial score (nSPS) is 10.8. The lowest BCUT2D eigenvalue weighted by atomic mass is 10.0. The predicted molar refractivity (Wildman–Crippen MR) is 102 cm³/mol. The summed E-state index contributed by atoms with van der Waals surface area (Å²) in [5, 5.41) is 2.13. The van der Waals surface area contributed by atoms with Gasteiger partial charge in [-0.3, -0.25) is 4.79 Å². The number of benzene rings is 2. The average Bonchev–Trinajstić information content (AvgIpc) is 2.68. The first-order valence-corrected chi connectivity index (χ1v) is 8.04. The first-order valence-electron chi connectivity index (χ1n) is 8.04. The van der Waals surface area contributed by atoms with Crippen molar-refractivity contribution in [3.8, 4) is 23.0 Å². The molecule has 0 N–H and O–H groups in total. The second-order valence-electron chi connectivity index (χ2n) is 5.68. The number of ether oxygens (including phenoxy) is 4. The van der Waals surface area contributed by atoms with Crippen LogP contribution in [0.4, 0.5) is 0 Å². The van der Waals surface area contributed by atoms with Crippen LogP contribution in [0.1, 0.15) is 0 Å². The van der Waals surface area contributed by atoms with Crippen molar-refractivity contribution in [2.45, 2.75) is 6.54 Å². The SMILES string of the molecule is C=CCn1c(=O)c2cc(OC)c(OC)cc2c2cc(OC)c(OC)cc21. The Labute approximate surface area is 151 Å².